The van der Waals surface area contributed by atoms with Gasteiger partial charge in [-0.25, -0.2) is 4.39 Å². The highest BCUT2D eigenvalue weighted by Gasteiger charge is 2.02. The van der Waals surface area contributed by atoms with Crippen LogP contribution >= 0.6 is 0 Å². The lowest BCUT2D eigenvalue weighted by Crippen LogP contribution is -2.27. The molecular formula is C18H21FN2O2. The second-order valence-corrected chi connectivity index (χ2v) is 5.14. The van der Waals surface area contributed by atoms with Crippen LogP contribution in [0.1, 0.15) is 12.0 Å². The number of methoxy groups -OCH3 is 1. The van der Waals surface area contributed by atoms with Crippen LogP contribution in [0.3, 0.4) is 0 Å². The first-order valence-corrected chi connectivity index (χ1v) is 7.56. The minimum Gasteiger partial charge on any atom is -0.497 e. The van der Waals surface area contributed by atoms with Crippen molar-refractivity contribution in [3.05, 3.63) is 59.9 Å². The molecule has 2 aromatic rings. The summed E-state index contributed by atoms with van der Waals surface area (Å²) in [5, 5.41) is 5.89. The number of rotatable bonds is 8. The molecule has 0 aromatic heterocycles. The van der Waals surface area contributed by atoms with E-state index in [2.05, 4.69) is 10.6 Å². The van der Waals surface area contributed by atoms with Gasteiger partial charge in [-0.1, -0.05) is 18.2 Å². The maximum Gasteiger partial charge on any atom is 0.221 e. The van der Waals surface area contributed by atoms with Crippen LogP contribution in [0.15, 0.2) is 48.5 Å². The minimum atomic E-state index is -0.294. The van der Waals surface area contributed by atoms with E-state index in [0.717, 1.165) is 17.7 Å². The number of benzene rings is 2. The van der Waals surface area contributed by atoms with Crippen molar-refractivity contribution in [3.8, 4) is 5.75 Å². The number of anilines is 1. The number of carbonyl (C=O) groups is 1. The van der Waals surface area contributed by atoms with Crippen LogP contribution in [0.5, 0.6) is 5.75 Å². The van der Waals surface area contributed by atoms with Crippen LogP contribution in [0.25, 0.3) is 0 Å². The highest BCUT2D eigenvalue weighted by Crippen LogP contribution is 2.12. The molecule has 0 fully saturated rings. The summed E-state index contributed by atoms with van der Waals surface area (Å²) in [5.74, 6) is 0.489. The second-order valence-electron chi connectivity index (χ2n) is 5.14. The molecule has 1 amide bonds. The molecule has 0 saturated heterocycles. The predicted molar refractivity (Wildman–Crippen MR) is 89.2 cm³/mol. The first kappa shape index (κ1) is 16.8. The summed E-state index contributed by atoms with van der Waals surface area (Å²) in [6.07, 6.45) is 1.09. The van der Waals surface area contributed by atoms with E-state index in [1.807, 2.05) is 24.3 Å². The molecule has 0 atom stereocenters. The Hall–Kier alpha value is -2.56. The summed E-state index contributed by atoms with van der Waals surface area (Å²) in [6, 6.07) is 14.0. The quantitative estimate of drug-likeness (QED) is 0.787. The van der Waals surface area contributed by atoms with E-state index < -0.39 is 0 Å². The highest BCUT2D eigenvalue weighted by atomic mass is 19.1. The second kappa shape index (κ2) is 8.78. The van der Waals surface area contributed by atoms with Gasteiger partial charge in [0.15, 0.2) is 0 Å². The van der Waals surface area contributed by atoms with Crippen molar-refractivity contribution in [2.75, 3.05) is 25.5 Å². The van der Waals surface area contributed by atoms with E-state index in [4.69, 9.17) is 4.74 Å². The van der Waals surface area contributed by atoms with E-state index >= 15 is 0 Å². The van der Waals surface area contributed by atoms with Crippen molar-refractivity contribution in [1.82, 2.24) is 5.32 Å². The minimum absolute atomic E-state index is 0.0307. The smallest absolute Gasteiger partial charge is 0.221 e. The van der Waals surface area contributed by atoms with Crippen LogP contribution in [0, 0.1) is 5.82 Å². The van der Waals surface area contributed by atoms with Crippen LogP contribution < -0.4 is 15.4 Å². The number of ether oxygens (including phenoxy) is 1. The third-order valence-electron chi connectivity index (χ3n) is 3.38. The number of carbonyl (C=O) groups excluding carboxylic acids is 1. The SMILES string of the molecule is COc1cccc(CCNC(=O)CCNc2cccc(F)c2)c1. The molecule has 2 N–H and O–H groups in total. The zero-order valence-corrected chi connectivity index (χ0v) is 13.1. The summed E-state index contributed by atoms with van der Waals surface area (Å²) in [5.41, 5.74) is 1.79. The molecule has 0 bridgehead atoms. The van der Waals surface area contributed by atoms with Crippen LogP contribution in [-0.4, -0.2) is 26.1 Å². The van der Waals surface area contributed by atoms with Gasteiger partial charge in [0.2, 0.25) is 5.91 Å². The van der Waals surface area contributed by atoms with Crippen LogP contribution in [0.4, 0.5) is 10.1 Å². The Bertz CT molecular complexity index is 646. The average molecular weight is 316 g/mol. The van der Waals surface area contributed by atoms with Gasteiger partial charge in [-0.15, -0.1) is 0 Å². The summed E-state index contributed by atoms with van der Waals surface area (Å²) in [6.45, 7) is 1.04. The number of nitrogens with one attached hydrogen (secondary N) is 2. The molecule has 122 valence electrons. The van der Waals surface area contributed by atoms with Crippen molar-refractivity contribution in [3.63, 3.8) is 0 Å². The van der Waals surface area contributed by atoms with Crippen molar-refractivity contribution in [2.24, 2.45) is 0 Å². The Labute approximate surface area is 135 Å². The molecule has 23 heavy (non-hydrogen) atoms. The van der Waals surface area contributed by atoms with E-state index in [-0.39, 0.29) is 11.7 Å². The average Bonchev–Trinajstić information content (AvgIpc) is 2.55. The Morgan fingerprint density at radius 2 is 1.96 bits per heavy atom. The summed E-state index contributed by atoms with van der Waals surface area (Å²) in [7, 11) is 1.63. The van der Waals surface area contributed by atoms with Crippen molar-refractivity contribution >= 4 is 11.6 Å². The van der Waals surface area contributed by atoms with Gasteiger partial charge in [-0.2, -0.15) is 0 Å². The number of halogens is 1. The first-order chi connectivity index (χ1) is 11.2. The van der Waals surface area contributed by atoms with Gasteiger partial charge in [0.25, 0.3) is 0 Å². The first-order valence-electron chi connectivity index (χ1n) is 7.56. The van der Waals surface area contributed by atoms with Gasteiger partial charge < -0.3 is 15.4 Å². The fraction of sp³-hybridized carbons (Fsp3) is 0.278. The molecule has 2 aromatic carbocycles. The van der Waals surface area contributed by atoms with E-state index in [0.29, 0.717) is 25.2 Å². The monoisotopic (exact) mass is 316 g/mol. The third kappa shape index (κ3) is 5.98. The molecule has 2 rings (SSSR count). The summed E-state index contributed by atoms with van der Waals surface area (Å²) < 4.78 is 18.2. The standard InChI is InChI=1S/C18H21FN2O2/c1-23-17-7-2-4-14(12-17)8-10-21-18(22)9-11-20-16-6-3-5-15(19)13-16/h2-7,12-13,20H,8-11H2,1H3,(H,21,22). The lowest BCUT2D eigenvalue weighted by atomic mass is 10.1. The maximum absolute atomic E-state index is 13.0. The molecular weight excluding hydrogens is 295 g/mol. The van der Waals surface area contributed by atoms with Crippen molar-refractivity contribution < 1.29 is 13.9 Å². The van der Waals surface area contributed by atoms with Gasteiger partial charge in [0.1, 0.15) is 11.6 Å². The maximum atomic E-state index is 13.0. The molecule has 4 nitrogen and oxygen atoms in total. The lowest BCUT2D eigenvalue weighted by molar-refractivity contribution is -0.120. The molecule has 0 unspecified atom stereocenters. The summed E-state index contributed by atoms with van der Waals surface area (Å²) >= 11 is 0. The topological polar surface area (TPSA) is 50.4 Å². The Balaban J connectivity index is 1.65. The van der Waals surface area contributed by atoms with E-state index in [1.165, 1.54) is 12.1 Å². The molecule has 0 aliphatic heterocycles. The van der Waals surface area contributed by atoms with Gasteiger partial charge in [0, 0.05) is 25.2 Å². The fourth-order valence-electron chi connectivity index (χ4n) is 2.18. The predicted octanol–water partition coefficient (Wildman–Crippen LogP) is 3.00. The van der Waals surface area contributed by atoms with Gasteiger partial charge in [0.05, 0.1) is 7.11 Å². The Morgan fingerprint density at radius 3 is 2.74 bits per heavy atom. The normalized spacial score (nSPS) is 10.2. The fourth-order valence-corrected chi connectivity index (χ4v) is 2.18. The van der Waals surface area contributed by atoms with E-state index in [9.17, 15) is 9.18 Å². The molecule has 0 heterocycles. The van der Waals surface area contributed by atoms with Crippen molar-refractivity contribution in [1.29, 1.82) is 0 Å². The molecule has 0 aliphatic carbocycles. The number of hydrogen-bond acceptors (Lipinski definition) is 3. The molecule has 0 saturated carbocycles. The molecule has 0 spiro atoms. The Kier molecular flexibility index (Phi) is 6.41. The van der Waals surface area contributed by atoms with Gasteiger partial charge in [-0.3, -0.25) is 4.79 Å². The summed E-state index contributed by atoms with van der Waals surface area (Å²) in [4.78, 5) is 11.8. The molecule has 0 radical (unpaired) electrons. The molecule has 5 heteroatoms. The highest BCUT2D eigenvalue weighted by molar-refractivity contribution is 5.76. The van der Waals surface area contributed by atoms with Crippen molar-refractivity contribution in [2.45, 2.75) is 12.8 Å². The lowest BCUT2D eigenvalue weighted by Gasteiger charge is -2.08. The van der Waals surface area contributed by atoms with E-state index in [1.54, 1.807) is 19.2 Å². The van der Waals surface area contributed by atoms with Gasteiger partial charge >= 0.3 is 0 Å². The number of amides is 1. The zero-order valence-electron chi connectivity index (χ0n) is 13.1. The largest absolute Gasteiger partial charge is 0.497 e. The molecule has 0 aliphatic rings. The van der Waals surface area contributed by atoms with Crippen LogP contribution in [0.2, 0.25) is 0 Å². The number of hydrogen-bond donors (Lipinski definition) is 2. The van der Waals surface area contributed by atoms with Gasteiger partial charge in [-0.05, 0) is 42.3 Å². The third-order valence-corrected chi connectivity index (χ3v) is 3.38. The Morgan fingerprint density at radius 1 is 1.13 bits per heavy atom. The zero-order chi connectivity index (χ0) is 16.5. The van der Waals surface area contributed by atoms with Crippen LogP contribution in [-0.2, 0) is 11.2 Å².